The Morgan fingerprint density at radius 2 is 2.27 bits per heavy atom. The van der Waals surface area contributed by atoms with Crippen LogP contribution >= 0.6 is 0 Å². The molecule has 0 aromatic carbocycles. The van der Waals surface area contributed by atoms with Crippen molar-refractivity contribution in [3.63, 3.8) is 0 Å². The molecular formula is C11H22N2O2. The molecule has 0 bridgehead atoms. The zero-order chi connectivity index (χ0) is 11.3. The average Bonchev–Trinajstić information content (AvgIpc) is 2.57. The second-order valence-electron chi connectivity index (χ2n) is 4.23. The van der Waals surface area contributed by atoms with Gasteiger partial charge in [-0.3, -0.25) is 4.79 Å². The first-order valence-electron chi connectivity index (χ1n) is 5.74. The van der Waals surface area contributed by atoms with Crippen LogP contribution in [0.2, 0.25) is 0 Å². The van der Waals surface area contributed by atoms with Crippen molar-refractivity contribution >= 4 is 5.91 Å². The van der Waals surface area contributed by atoms with Crippen LogP contribution < -0.4 is 5.73 Å². The first kappa shape index (κ1) is 12.5. The average molecular weight is 214 g/mol. The van der Waals surface area contributed by atoms with Gasteiger partial charge in [-0.15, -0.1) is 0 Å². The summed E-state index contributed by atoms with van der Waals surface area (Å²) in [5.74, 6) is 1.22. The summed E-state index contributed by atoms with van der Waals surface area (Å²) in [6.07, 6.45) is 0.466. The van der Waals surface area contributed by atoms with Crippen LogP contribution in [0.1, 0.15) is 20.3 Å². The third-order valence-electron chi connectivity index (χ3n) is 3.01. The minimum atomic E-state index is 0.184. The molecule has 0 aromatic rings. The smallest absolute Gasteiger partial charge is 0.223 e. The molecule has 0 saturated carbocycles. The van der Waals surface area contributed by atoms with Crippen LogP contribution in [0.15, 0.2) is 0 Å². The summed E-state index contributed by atoms with van der Waals surface area (Å²) in [5.41, 5.74) is 5.37. The van der Waals surface area contributed by atoms with Gasteiger partial charge < -0.3 is 15.4 Å². The normalized spacial score (nSPS) is 25.9. The number of likely N-dealkylation sites (tertiary alicyclic amines) is 1. The molecule has 2 N–H and O–H groups in total. The minimum absolute atomic E-state index is 0.184. The number of hydrogen-bond donors (Lipinski definition) is 1. The molecule has 4 nitrogen and oxygen atoms in total. The van der Waals surface area contributed by atoms with Crippen molar-refractivity contribution in [2.45, 2.75) is 20.3 Å². The van der Waals surface area contributed by atoms with Crippen molar-refractivity contribution < 1.29 is 9.53 Å². The summed E-state index contributed by atoms with van der Waals surface area (Å²) < 4.78 is 5.41. The molecule has 1 fully saturated rings. The van der Waals surface area contributed by atoms with Gasteiger partial charge in [-0.1, -0.05) is 6.92 Å². The van der Waals surface area contributed by atoms with Crippen LogP contribution in [0.25, 0.3) is 0 Å². The molecule has 1 rings (SSSR count). The van der Waals surface area contributed by atoms with Crippen LogP contribution in [0.3, 0.4) is 0 Å². The van der Waals surface area contributed by atoms with E-state index in [1.54, 1.807) is 0 Å². The Morgan fingerprint density at radius 3 is 2.87 bits per heavy atom. The molecule has 0 unspecified atom stereocenters. The lowest BCUT2D eigenvalue weighted by atomic mass is 9.99. The standard InChI is InChI=1S/C11H22N2O2/c1-3-15-8-10-7-13(6-9(10)2)11(14)4-5-12/h9-10H,3-8,12H2,1-2H3/t9-,10-/m1/s1. The zero-order valence-electron chi connectivity index (χ0n) is 9.74. The number of nitrogens with two attached hydrogens (primary N) is 1. The lowest BCUT2D eigenvalue weighted by molar-refractivity contribution is -0.130. The molecular weight excluding hydrogens is 192 g/mol. The third kappa shape index (κ3) is 3.47. The maximum Gasteiger partial charge on any atom is 0.223 e. The monoisotopic (exact) mass is 214 g/mol. The first-order chi connectivity index (χ1) is 7.19. The molecule has 1 heterocycles. The quantitative estimate of drug-likeness (QED) is 0.723. The lowest BCUT2D eigenvalue weighted by Gasteiger charge is -2.15. The van der Waals surface area contributed by atoms with Gasteiger partial charge >= 0.3 is 0 Å². The molecule has 15 heavy (non-hydrogen) atoms. The highest BCUT2D eigenvalue weighted by atomic mass is 16.5. The Balaban J connectivity index is 2.37. The SMILES string of the molecule is CCOC[C@H]1CN(C(=O)CCN)C[C@H]1C. The number of hydrogen-bond acceptors (Lipinski definition) is 3. The van der Waals surface area contributed by atoms with Crippen molar-refractivity contribution in [1.29, 1.82) is 0 Å². The van der Waals surface area contributed by atoms with Crippen molar-refractivity contribution in [1.82, 2.24) is 4.90 Å². The number of ether oxygens (including phenoxy) is 1. The molecule has 1 saturated heterocycles. The summed E-state index contributed by atoms with van der Waals surface area (Å²) in [7, 11) is 0. The van der Waals surface area contributed by atoms with E-state index >= 15 is 0 Å². The van der Waals surface area contributed by atoms with E-state index in [1.165, 1.54) is 0 Å². The Morgan fingerprint density at radius 1 is 1.53 bits per heavy atom. The fourth-order valence-corrected chi connectivity index (χ4v) is 2.01. The summed E-state index contributed by atoms with van der Waals surface area (Å²) in [6, 6.07) is 0. The van der Waals surface area contributed by atoms with Gasteiger partial charge in [0.2, 0.25) is 5.91 Å². The molecule has 1 aliphatic heterocycles. The number of nitrogens with zero attached hydrogens (tertiary/aromatic N) is 1. The van der Waals surface area contributed by atoms with E-state index in [1.807, 2.05) is 11.8 Å². The molecule has 88 valence electrons. The van der Waals surface area contributed by atoms with Crippen molar-refractivity contribution in [2.75, 3.05) is 32.8 Å². The topological polar surface area (TPSA) is 55.6 Å². The molecule has 0 aliphatic carbocycles. The Bertz CT molecular complexity index is 209. The number of carbonyl (C=O) groups excluding carboxylic acids is 1. The predicted molar refractivity (Wildman–Crippen MR) is 59.4 cm³/mol. The van der Waals surface area contributed by atoms with Gasteiger partial charge in [0.15, 0.2) is 0 Å². The molecule has 0 aromatic heterocycles. The van der Waals surface area contributed by atoms with Gasteiger partial charge in [-0.05, 0) is 12.8 Å². The molecule has 0 spiro atoms. The number of rotatable bonds is 5. The van der Waals surface area contributed by atoms with Crippen molar-refractivity contribution in [3.05, 3.63) is 0 Å². The summed E-state index contributed by atoms with van der Waals surface area (Å²) >= 11 is 0. The van der Waals surface area contributed by atoms with E-state index in [0.717, 1.165) is 26.3 Å². The van der Waals surface area contributed by atoms with Crippen LogP contribution in [0.5, 0.6) is 0 Å². The number of carbonyl (C=O) groups is 1. The van der Waals surface area contributed by atoms with E-state index in [9.17, 15) is 4.79 Å². The second-order valence-corrected chi connectivity index (χ2v) is 4.23. The minimum Gasteiger partial charge on any atom is -0.381 e. The fourth-order valence-electron chi connectivity index (χ4n) is 2.01. The van der Waals surface area contributed by atoms with Gasteiger partial charge in [-0.25, -0.2) is 0 Å². The highest BCUT2D eigenvalue weighted by molar-refractivity contribution is 5.76. The first-order valence-corrected chi connectivity index (χ1v) is 5.74. The van der Waals surface area contributed by atoms with Crippen molar-refractivity contribution in [3.8, 4) is 0 Å². The van der Waals surface area contributed by atoms with E-state index < -0.39 is 0 Å². The Kier molecular flexibility index (Phi) is 5.05. The maximum absolute atomic E-state index is 11.6. The zero-order valence-corrected chi connectivity index (χ0v) is 9.74. The highest BCUT2D eigenvalue weighted by Crippen LogP contribution is 2.23. The van der Waals surface area contributed by atoms with Crippen LogP contribution in [0, 0.1) is 11.8 Å². The largest absolute Gasteiger partial charge is 0.381 e. The molecule has 0 radical (unpaired) electrons. The van der Waals surface area contributed by atoms with Crippen molar-refractivity contribution in [2.24, 2.45) is 17.6 Å². The molecule has 4 heteroatoms. The van der Waals surface area contributed by atoms with E-state index in [4.69, 9.17) is 10.5 Å². The van der Waals surface area contributed by atoms with Gasteiger partial charge in [-0.2, -0.15) is 0 Å². The predicted octanol–water partition coefficient (Wildman–Crippen LogP) is 0.466. The van der Waals surface area contributed by atoms with Crippen LogP contribution in [-0.4, -0.2) is 43.7 Å². The van der Waals surface area contributed by atoms with Gasteiger partial charge in [0.25, 0.3) is 0 Å². The maximum atomic E-state index is 11.6. The number of amides is 1. The summed E-state index contributed by atoms with van der Waals surface area (Å²) in [5, 5.41) is 0. The fraction of sp³-hybridized carbons (Fsp3) is 0.909. The van der Waals surface area contributed by atoms with Gasteiger partial charge in [0.1, 0.15) is 0 Å². The van der Waals surface area contributed by atoms with Gasteiger partial charge in [0, 0.05) is 38.6 Å². The summed E-state index contributed by atoms with van der Waals surface area (Å²) in [6.45, 7) is 7.83. The van der Waals surface area contributed by atoms with Crippen LogP contribution in [-0.2, 0) is 9.53 Å². The second kappa shape index (κ2) is 6.08. The van der Waals surface area contributed by atoms with E-state index in [-0.39, 0.29) is 5.91 Å². The van der Waals surface area contributed by atoms with E-state index in [0.29, 0.717) is 24.8 Å². The summed E-state index contributed by atoms with van der Waals surface area (Å²) in [4.78, 5) is 13.5. The highest BCUT2D eigenvalue weighted by Gasteiger charge is 2.31. The Hall–Kier alpha value is -0.610. The van der Waals surface area contributed by atoms with Crippen LogP contribution in [0.4, 0.5) is 0 Å². The Labute approximate surface area is 91.8 Å². The molecule has 1 amide bonds. The van der Waals surface area contributed by atoms with E-state index in [2.05, 4.69) is 6.92 Å². The van der Waals surface area contributed by atoms with Gasteiger partial charge in [0.05, 0.1) is 6.61 Å². The molecule has 2 atom stereocenters. The third-order valence-corrected chi connectivity index (χ3v) is 3.01. The lowest BCUT2D eigenvalue weighted by Crippen LogP contribution is -2.30. The molecule has 1 aliphatic rings.